The second-order valence-electron chi connectivity index (χ2n) is 3.94. The summed E-state index contributed by atoms with van der Waals surface area (Å²) in [5.41, 5.74) is 1.15. The van der Waals surface area contributed by atoms with Crippen LogP contribution in [-0.4, -0.2) is 9.97 Å². The Morgan fingerprint density at radius 2 is 1.88 bits per heavy atom. The lowest BCUT2D eigenvalue weighted by Gasteiger charge is -2.06. The highest BCUT2D eigenvalue weighted by molar-refractivity contribution is 7.99. The Labute approximate surface area is 101 Å². The summed E-state index contributed by atoms with van der Waals surface area (Å²) < 4.78 is 0. The predicted octanol–water partition coefficient (Wildman–Crippen LogP) is 1.45. The van der Waals surface area contributed by atoms with Gasteiger partial charge in [-0.2, -0.15) is 0 Å². The van der Waals surface area contributed by atoms with Gasteiger partial charge in [0.25, 0.3) is 5.56 Å². The lowest BCUT2D eigenvalue weighted by molar-refractivity contribution is 0.865. The van der Waals surface area contributed by atoms with Crippen molar-refractivity contribution in [3.05, 3.63) is 62.3 Å². The first-order valence-corrected chi connectivity index (χ1v) is 6.19. The van der Waals surface area contributed by atoms with E-state index in [1.54, 1.807) is 11.8 Å². The van der Waals surface area contributed by atoms with E-state index in [4.69, 9.17) is 0 Å². The number of hydrogen-bond donors (Lipinski definition) is 2. The molecule has 0 radical (unpaired) electrons. The van der Waals surface area contributed by atoms with Crippen molar-refractivity contribution in [1.82, 2.24) is 9.97 Å². The fourth-order valence-electron chi connectivity index (χ4n) is 2.00. The summed E-state index contributed by atoms with van der Waals surface area (Å²) in [4.78, 5) is 27.7. The number of benzene rings is 1. The van der Waals surface area contributed by atoms with Crippen LogP contribution in [0, 0.1) is 0 Å². The van der Waals surface area contributed by atoms with E-state index in [-0.39, 0.29) is 10.8 Å². The number of nitrogens with one attached hydrogen (secondary N) is 2. The highest BCUT2D eigenvalue weighted by Crippen LogP contribution is 2.43. The number of aromatic nitrogens is 2. The highest BCUT2D eigenvalue weighted by atomic mass is 32.2. The van der Waals surface area contributed by atoms with Crippen LogP contribution in [0.4, 0.5) is 0 Å². The molecule has 2 aromatic rings. The number of thioether (sulfide) groups is 1. The van der Waals surface area contributed by atoms with Crippen LogP contribution in [0.25, 0.3) is 0 Å². The lowest BCUT2D eigenvalue weighted by Crippen LogP contribution is -2.24. The summed E-state index contributed by atoms with van der Waals surface area (Å²) in [6.45, 7) is 0. The largest absolute Gasteiger partial charge is 0.326 e. The molecule has 0 bridgehead atoms. The molecule has 0 fully saturated rings. The second-order valence-corrected chi connectivity index (χ2v) is 5.15. The second kappa shape index (κ2) is 3.92. The molecular weight excluding hydrogens is 236 g/mol. The molecule has 5 heteroatoms. The molecule has 2 N–H and O–H groups in total. The number of fused-ring (bicyclic) bond motifs is 1. The normalized spacial score (nSPS) is 18.0. The van der Waals surface area contributed by atoms with Gasteiger partial charge in [0.05, 0.1) is 5.03 Å². The molecule has 3 rings (SSSR count). The van der Waals surface area contributed by atoms with Crippen molar-refractivity contribution in [2.24, 2.45) is 0 Å². The molecule has 0 spiro atoms. The van der Waals surface area contributed by atoms with Crippen molar-refractivity contribution >= 4 is 11.8 Å². The van der Waals surface area contributed by atoms with Crippen LogP contribution in [0.3, 0.4) is 0 Å². The average molecular weight is 246 g/mol. The molecule has 0 amide bonds. The minimum atomic E-state index is -0.435. The Balaban J connectivity index is 2.02. The van der Waals surface area contributed by atoms with Gasteiger partial charge in [-0.3, -0.25) is 9.78 Å². The quantitative estimate of drug-likeness (QED) is 0.748. The van der Waals surface area contributed by atoms with Gasteiger partial charge in [-0.1, -0.05) is 42.1 Å². The minimum absolute atomic E-state index is 0.213. The van der Waals surface area contributed by atoms with Gasteiger partial charge in [0.1, 0.15) is 0 Å². The average Bonchev–Trinajstić information content (AvgIpc) is 2.74. The molecule has 2 heterocycles. The number of H-pyrrole nitrogens is 2. The topological polar surface area (TPSA) is 65.7 Å². The zero-order chi connectivity index (χ0) is 11.8. The maximum Gasteiger partial charge on any atom is 0.326 e. The van der Waals surface area contributed by atoms with Gasteiger partial charge in [-0.05, 0) is 12.0 Å². The number of hydrogen-bond acceptors (Lipinski definition) is 3. The first-order valence-electron chi connectivity index (χ1n) is 5.31. The molecule has 4 nitrogen and oxygen atoms in total. The summed E-state index contributed by atoms with van der Waals surface area (Å²) in [5, 5.41) is 0.915. The molecule has 1 unspecified atom stereocenters. The molecule has 1 aromatic carbocycles. The molecule has 1 aliphatic heterocycles. The maximum atomic E-state index is 11.6. The first-order chi connectivity index (χ1) is 8.24. The minimum Gasteiger partial charge on any atom is -0.302 e. The Kier molecular flexibility index (Phi) is 2.40. The van der Waals surface area contributed by atoms with E-state index in [0.29, 0.717) is 17.0 Å². The fourth-order valence-corrected chi connectivity index (χ4v) is 3.30. The van der Waals surface area contributed by atoms with E-state index in [1.165, 1.54) is 5.56 Å². The zero-order valence-electron chi connectivity index (χ0n) is 8.90. The van der Waals surface area contributed by atoms with E-state index in [1.807, 2.05) is 30.3 Å². The smallest absolute Gasteiger partial charge is 0.302 e. The molecule has 1 atom stereocenters. The van der Waals surface area contributed by atoms with Crippen molar-refractivity contribution in [2.45, 2.75) is 16.7 Å². The van der Waals surface area contributed by atoms with Crippen LogP contribution in [0.15, 0.2) is 44.9 Å². The van der Waals surface area contributed by atoms with Gasteiger partial charge < -0.3 is 4.98 Å². The molecule has 86 valence electrons. The molecule has 17 heavy (non-hydrogen) atoms. The van der Waals surface area contributed by atoms with Gasteiger partial charge in [0, 0.05) is 10.8 Å². The van der Waals surface area contributed by atoms with E-state index in [0.717, 1.165) is 0 Å². The molecule has 1 aromatic heterocycles. The molecule has 1 aliphatic rings. The van der Waals surface area contributed by atoms with Gasteiger partial charge in [-0.25, -0.2) is 4.79 Å². The monoisotopic (exact) mass is 246 g/mol. The van der Waals surface area contributed by atoms with E-state index < -0.39 is 5.69 Å². The Bertz CT molecular complexity index is 660. The summed E-state index contributed by atoms with van der Waals surface area (Å²) in [6, 6.07) is 9.99. The van der Waals surface area contributed by atoms with E-state index >= 15 is 0 Å². The Hall–Kier alpha value is -1.75. The number of rotatable bonds is 1. The van der Waals surface area contributed by atoms with Crippen LogP contribution in [0.1, 0.15) is 16.4 Å². The fraction of sp³-hybridized carbons (Fsp3) is 0.167. The standard InChI is InChI=1S/C12H10N2O2S/c15-10-8-6-9(7-4-2-1-3-5-7)17-11(8)14-12(16)13-10/h1-5,9H,6H2,(H2,13,14,15,16). The Morgan fingerprint density at radius 1 is 1.12 bits per heavy atom. The van der Waals surface area contributed by atoms with Crippen LogP contribution in [0.5, 0.6) is 0 Å². The van der Waals surface area contributed by atoms with Gasteiger partial charge in [-0.15, -0.1) is 0 Å². The maximum absolute atomic E-state index is 11.6. The van der Waals surface area contributed by atoms with Crippen LogP contribution in [0.2, 0.25) is 0 Å². The summed E-state index contributed by atoms with van der Waals surface area (Å²) in [5.74, 6) is 0. The van der Waals surface area contributed by atoms with Crippen LogP contribution >= 0.6 is 11.8 Å². The third-order valence-electron chi connectivity index (χ3n) is 2.82. The highest BCUT2D eigenvalue weighted by Gasteiger charge is 2.26. The number of aromatic amines is 2. The van der Waals surface area contributed by atoms with Crippen molar-refractivity contribution in [2.75, 3.05) is 0 Å². The summed E-state index contributed by atoms with van der Waals surface area (Å²) in [6.07, 6.45) is 0.663. The SMILES string of the molecule is O=c1[nH]c2c(c(=O)[nH]1)CC(c1ccccc1)S2. The van der Waals surface area contributed by atoms with E-state index in [9.17, 15) is 9.59 Å². The van der Waals surface area contributed by atoms with Crippen molar-refractivity contribution in [3.8, 4) is 0 Å². The van der Waals surface area contributed by atoms with Crippen LogP contribution in [-0.2, 0) is 6.42 Å². The van der Waals surface area contributed by atoms with Crippen molar-refractivity contribution < 1.29 is 0 Å². The van der Waals surface area contributed by atoms with Gasteiger partial charge in [0.2, 0.25) is 0 Å². The van der Waals surface area contributed by atoms with Crippen molar-refractivity contribution in [3.63, 3.8) is 0 Å². The first kappa shape index (κ1) is 10.4. The predicted molar refractivity (Wildman–Crippen MR) is 66.4 cm³/mol. The Morgan fingerprint density at radius 3 is 2.65 bits per heavy atom. The van der Waals surface area contributed by atoms with E-state index in [2.05, 4.69) is 9.97 Å². The van der Waals surface area contributed by atoms with Gasteiger partial charge >= 0.3 is 5.69 Å². The zero-order valence-corrected chi connectivity index (χ0v) is 9.71. The molecular formula is C12H10N2O2S. The van der Waals surface area contributed by atoms with Gasteiger partial charge in [0.15, 0.2) is 0 Å². The summed E-state index contributed by atoms with van der Waals surface area (Å²) >= 11 is 1.54. The van der Waals surface area contributed by atoms with Crippen LogP contribution < -0.4 is 11.2 Å². The molecule has 0 saturated heterocycles. The molecule has 0 saturated carbocycles. The third kappa shape index (κ3) is 1.82. The third-order valence-corrected chi connectivity index (χ3v) is 4.13. The lowest BCUT2D eigenvalue weighted by atomic mass is 10.1. The summed E-state index contributed by atoms with van der Waals surface area (Å²) in [7, 11) is 0. The van der Waals surface area contributed by atoms with Crippen molar-refractivity contribution in [1.29, 1.82) is 0 Å². The molecule has 0 aliphatic carbocycles.